The Kier molecular flexibility index (Phi) is 5.71. The number of pyridine rings is 1. The fourth-order valence-corrected chi connectivity index (χ4v) is 3.64. The lowest BCUT2D eigenvalue weighted by Gasteiger charge is -2.36. The summed E-state index contributed by atoms with van der Waals surface area (Å²) in [5, 5.41) is 0. The lowest BCUT2D eigenvalue weighted by molar-refractivity contribution is 0.200. The summed E-state index contributed by atoms with van der Waals surface area (Å²) in [4.78, 5) is 18.2. The van der Waals surface area contributed by atoms with Crippen LogP contribution in [0.15, 0.2) is 18.6 Å². The minimum absolute atomic E-state index is 0.482. The zero-order chi connectivity index (χ0) is 18.7. The van der Waals surface area contributed by atoms with Gasteiger partial charge in [0.05, 0.1) is 12.8 Å². The van der Waals surface area contributed by atoms with Gasteiger partial charge in [-0.1, -0.05) is 0 Å². The molecule has 0 bridgehead atoms. The molecule has 1 saturated heterocycles. The summed E-state index contributed by atoms with van der Waals surface area (Å²) in [6.07, 6.45) is 7.89. The number of likely N-dealkylation sites (tertiary alicyclic amines) is 1. The van der Waals surface area contributed by atoms with Gasteiger partial charge in [-0.25, -0.2) is 9.97 Å². The van der Waals surface area contributed by atoms with Crippen LogP contribution in [0.25, 0.3) is 0 Å². The highest BCUT2D eigenvalue weighted by molar-refractivity contribution is 5.41. The van der Waals surface area contributed by atoms with Crippen LogP contribution in [0.1, 0.15) is 35.2 Å². The molecule has 0 aromatic carbocycles. The quantitative estimate of drug-likeness (QED) is 0.822. The molecule has 0 aliphatic carbocycles. The molecular formula is C20H29N5O. The van der Waals surface area contributed by atoms with Crippen molar-refractivity contribution in [3.05, 3.63) is 41.0 Å². The SMILES string of the molecule is COc1c(C)cnc(CN2CCC(N(C)c3ncc(C)cn3)CC2)c1C. The average molecular weight is 355 g/mol. The van der Waals surface area contributed by atoms with Crippen molar-refractivity contribution in [3.8, 4) is 5.75 Å². The van der Waals surface area contributed by atoms with Gasteiger partial charge >= 0.3 is 0 Å². The van der Waals surface area contributed by atoms with Gasteiger partial charge in [-0.2, -0.15) is 0 Å². The van der Waals surface area contributed by atoms with Crippen molar-refractivity contribution in [2.75, 3.05) is 32.1 Å². The molecule has 0 unspecified atom stereocenters. The van der Waals surface area contributed by atoms with Gasteiger partial charge in [-0.15, -0.1) is 0 Å². The number of aromatic nitrogens is 3. The number of rotatable bonds is 5. The Morgan fingerprint density at radius 2 is 1.73 bits per heavy atom. The molecule has 3 rings (SSSR count). The molecule has 2 aromatic rings. The molecule has 3 heterocycles. The molecule has 6 nitrogen and oxygen atoms in total. The Morgan fingerprint density at radius 1 is 1.08 bits per heavy atom. The monoisotopic (exact) mass is 355 g/mol. The van der Waals surface area contributed by atoms with E-state index in [4.69, 9.17) is 4.74 Å². The molecule has 140 valence electrons. The molecule has 0 N–H and O–H groups in total. The standard InChI is InChI=1S/C20H29N5O/c1-14-10-22-20(23-11-14)24(4)17-6-8-25(9-7-17)13-18-16(3)19(26-5)15(2)12-21-18/h10-12,17H,6-9,13H2,1-5H3. The van der Waals surface area contributed by atoms with Crippen LogP contribution >= 0.6 is 0 Å². The highest BCUT2D eigenvalue weighted by Crippen LogP contribution is 2.26. The molecule has 1 fully saturated rings. The molecule has 6 heteroatoms. The second-order valence-electron chi connectivity index (χ2n) is 7.22. The molecule has 0 spiro atoms. The minimum atomic E-state index is 0.482. The van der Waals surface area contributed by atoms with Crippen molar-refractivity contribution in [2.45, 2.75) is 46.2 Å². The van der Waals surface area contributed by atoms with E-state index in [1.54, 1.807) is 7.11 Å². The first-order valence-electron chi connectivity index (χ1n) is 9.22. The van der Waals surface area contributed by atoms with Crippen LogP contribution in [0.4, 0.5) is 5.95 Å². The van der Waals surface area contributed by atoms with Gasteiger partial charge < -0.3 is 9.64 Å². The number of anilines is 1. The second-order valence-corrected chi connectivity index (χ2v) is 7.22. The lowest BCUT2D eigenvalue weighted by Crippen LogP contribution is -2.43. The van der Waals surface area contributed by atoms with Gasteiger partial charge in [0.2, 0.25) is 5.95 Å². The zero-order valence-corrected chi connectivity index (χ0v) is 16.5. The van der Waals surface area contributed by atoms with Crippen LogP contribution in [0.3, 0.4) is 0 Å². The van der Waals surface area contributed by atoms with Crippen LogP contribution in [0.2, 0.25) is 0 Å². The number of hydrogen-bond donors (Lipinski definition) is 0. The van der Waals surface area contributed by atoms with E-state index in [2.05, 4.69) is 38.7 Å². The lowest BCUT2D eigenvalue weighted by atomic mass is 10.0. The van der Waals surface area contributed by atoms with Crippen LogP contribution < -0.4 is 9.64 Å². The first-order chi connectivity index (χ1) is 12.5. The van der Waals surface area contributed by atoms with E-state index in [9.17, 15) is 0 Å². The molecule has 1 aliphatic rings. The van der Waals surface area contributed by atoms with Crippen molar-refractivity contribution < 1.29 is 4.74 Å². The predicted octanol–water partition coefficient (Wildman–Crippen LogP) is 2.91. The van der Waals surface area contributed by atoms with Gasteiger partial charge in [0, 0.05) is 62.4 Å². The first kappa shape index (κ1) is 18.6. The normalized spacial score (nSPS) is 15.9. The van der Waals surface area contributed by atoms with Crippen LogP contribution in [0.5, 0.6) is 5.75 Å². The summed E-state index contributed by atoms with van der Waals surface area (Å²) >= 11 is 0. The second kappa shape index (κ2) is 7.99. The van der Waals surface area contributed by atoms with E-state index in [1.165, 1.54) is 0 Å². The minimum Gasteiger partial charge on any atom is -0.496 e. The van der Waals surface area contributed by atoms with E-state index in [0.29, 0.717) is 6.04 Å². The molecule has 0 saturated carbocycles. The Hall–Kier alpha value is -2.21. The Morgan fingerprint density at radius 3 is 2.35 bits per heavy atom. The highest BCUT2D eigenvalue weighted by atomic mass is 16.5. The van der Waals surface area contributed by atoms with E-state index < -0.39 is 0 Å². The Balaban J connectivity index is 1.60. The van der Waals surface area contributed by atoms with Crippen molar-refractivity contribution in [1.29, 1.82) is 0 Å². The molecule has 0 amide bonds. The van der Waals surface area contributed by atoms with Crippen molar-refractivity contribution in [1.82, 2.24) is 19.9 Å². The Bertz CT molecular complexity index is 739. The summed E-state index contributed by atoms with van der Waals surface area (Å²) in [6.45, 7) is 9.13. The van der Waals surface area contributed by atoms with E-state index in [1.807, 2.05) is 32.4 Å². The third-order valence-corrected chi connectivity index (χ3v) is 5.31. The zero-order valence-electron chi connectivity index (χ0n) is 16.5. The summed E-state index contributed by atoms with van der Waals surface area (Å²) < 4.78 is 5.53. The maximum Gasteiger partial charge on any atom is 0.225 e. The fourth-order valence-electron chi connectivity index (χ4n) is 3.64. The number of methoxy groups -OCH3 is 1. The van der Waals surface area contributed by atoms with Crippen molar-refractivity contribution in [3.63, 3.8) is 0 Å². The molecule has 0 atom stereocenters. The van der Waals surface area contributed by atoms with E-state index in [0.717, 1.165) is 66.6 Å². The smallest absolute Gasteiger partial charge is 0.225 e. The molecule has 2 aromatic heterocycles. The third-order valence-electron chi connectivity index (χ3n) is 5.31. The fraction of sp³-hybridized carbons (Fsp3) is 0.550. The molecular weight excluding hydrogens is 326 g/mol. The van der Waals surface area contributed by atoms with Crippen molar-refractivity contribution >= 4 is 5.95 Å². The Labute approximate surface area is 156 Å². The maximum absolute atomic E-state index is 5.53. The van der Waals surface area contributed by atoms with E-state index in [-0.39, 0.29) is 0 Å². The summed E-state index contributed by atoms with van der Waals surface area (Å²) in [6, 6.07) is 0.482. The molecule has 26 heavy (non-hydrogen) atoms. The van der Waals surface area contributed by atoms with Gasteiger partial charge in [-0.05, 0) is 39.2 Å². The number of nitrogens with zero attached hydrogens (tertiary/aromatic N) is 5. The average Bonchev–Trinajstić information content (AvgIpc) is 2.65. The highest BCUT2D eigenvalue weighted by Gasteiger charge is 2.24. The molecule has 1 aliphatic heterocycles. The predicted molar refractivity (Wildman–Crippen MR) is 104 cm³/mol. The summed E-state index contributed by atoms with van der Waals surface area (Å²) in [7, 11) is 3.83. The van der Waals surface area contributed by atoms with Crippen LogP contribution in [-0.4, -0.2) is 53.1 Å². The van der Waals surface area contributed by atoms with Gasteiger partial charge in [0.25, 0.3) is 0 Å². The topological polar surface area (TPSA) is 54.4 Å². The van der Waals surface area contributed by atoms with Crippen LogP contribution in [-0.2, 0) is 6.54 Å². The molecule has 0 radical (unpaired) electrons. The summed E-state index contributed by atoms with van der Waals surface area (Å²) in [5.74, 6) is 1.77. The number of piperidine rings is 1. The van der Waals surface area contributed by atoms with Crippen LogP contribution in [0, 0.1) is 20.8 Å². The summed E-state index contributed by atoms with van der Waals surface area (Å²) in [5.41, 5.74) is 4.45. The van der Waals surface area contributed by atoms with Crippen molar-refractivity contribution in [2.24, 2.45) is 0 Å². The van der Waals surface area contributed by atoms with Gasteiger partial charge in [-0.3, -0.25) is 9.88 Å². The first-order valence-corrected chi connectivity index (χ1v) is 9.22. The van der Waals surface area contributed by atoms with Gasteiger partial charge in [0.1, 0.15) is 5.75 Å². The number of hydrogen-bond acceptors (Lipinski definition) is 6. The number of ether oxygens (including phenoxy) is 1. The maximum atomic E-state index is 5.53. The number of aryl methyl sites for hydroxylation is 2. The van der Waals surface area contributed by atoms with E-state index >= 15 is 0 Å². The largest absolute Gasteiger partial charge is 0.496 e. The third kappa shape index (κ3) is 3.96. The van der Waals surface area contributed by atoms with Gasteiger partial charge in [0.15, 0.2) is 0 Å².